The maximum Gasteiger partial charge on any atom is 0.126 e. The summed E-state index contributed by atoms with van der Waals surface area (Å²) >= 11 is 1.65. The SMILES string of the molecule is CCCc1ccncc1-c1csc(-c2cnccc2-c2ccccc2)n1. The summed E-state index contributed by atoms with van der Waals surface area (Å²) in [6.07, 6.45) is 9.66. The first-order valence-corrected chi connectivity index (χ1v) is 9.63. The van der Waals surface area contributed by atoms with Crippen molar-refractivity contribution < 1.29 is 0 Å². The number of nitrogens with zero attached hydrogens (tertiary/aromatic N) is 3. The largest absolute Gasteiger partial charge is 0.264 e. The van der Waals surface area contributed by atoms with Crippen LogP contribution in [0.1, 0.15) is 18.9 Å². The molecule has 0 aliphatic rings. The van der Waals surface area contributed by atoms with Gasteiger partial charge < -0.3 is 0 Å². The van der Waals surface area contributed by atoms with E-state index < -0.39 is 0 Å². The molecule has 0 N–H and O–H groups in total. The number of benzene rings is 1. The van der Waals surface area contributed by atoms with Gasteiger partial charge in [-0.3, -0.25) is 9.97 Å². The predicted molar refractivity (Wildman–Crippen MR) is 108 cm³/mol. The lowest BCUT2D eigenvalue weighted by Crippen LogP contribution is -1.91. The molecule has 4 aromatic rings. The van der Waals surface area contributed by atoms with E-state index >= 15 is 0 Å². The molecule has 0 amide bonds. The second kappa shape index (κ2) is 7.58. The molecule has 1 aromatic carbocycles. The smallest absolute Gasteiger partial charge is 0.126 e. The number of thiazole rings is 1. The summed E-state index contributed by atoms with van der Waals surface area (Å²) < 4.78 is 0. The van der Waals surface area contributed by atoms with Gasteiger partial charge >= 0.3 is 0 Å². The van der Waals surface area contributed by atoms with Crippen molar-refractivity contribution in [3.05, 3.63) is 78.2 Å². The molecule has 0 unspecified atom stereocenters. The highest BCUT2D eigenvalue weighted by atomic mass is 32.1. The molecule has 26 heavy (non-hydrogen) atoms. The number of hydrogen-bond acceptors (Lipinski definition) is 4. The monoisotopic (exact) mass is 357 g/mol. The molecule has 0 saturated heterocycles. The molecule has 4 heteroatoms. The molecular formula is C22H19N3S. The highest BCUT2D eigenvalue weighted by Crippen LogP contribution is 2.35. The molecule has 3 aromatic heterocycles. The molecule has 0 atom stereocenters. The van der Waals surface area contributed by atoms with Crippen LogP contribution in [0.2, 0.25) is 0 Å². The van der Waals surface area contributed by atoms with E-state index in [2.05, 4.69) is 58.7 Å². The van der Waals surface area contributed by atoms with Crippen LogP contribution >= 0.6 is 11.3 Å². The zero-order chi connectivity index (χ0) is 17.8. The number of pyridine rings is 2. The van der Waals surface area contributed by atoms with E-state index in [9.17, 15) is 0 Å². The molecule has 0 saturated carbocycles. The fourth-order valence-corrected chi connectivity index (χ4v) is 3.94. The quantitative estimate of drug-likeness (QED) is 0.447. The highest BCUT2D eigenvalue weighted by Gasteiger charge is 2.14. The minimum absolute atomic E-state index is 0.984. The lowest BCUT2D eigenvalue weighted by atomic mass is 10.0. The van der Waals surface area contributed by atoms with E-state index in [4.69, 9.17) is 4.98 Å². The van der Waals surface area contributed by atoms with Crippen molar-refractivity contribution in [1.82, 2.24) is 15.0 Å². The zero-order valence-electron chi connectivity index (χ0n) is 14.6. The van der Waals surface area contributed by atoms with Crippen LogP contribution in [0.25, 0.3) is 33.0 Å². The maximum atomic E-state index is 4.92. The van der Waals surface area contributed by atoms with Gasteiger partial charge in [-0.2, -0.15) is 0 Å². The van der Waals surface area contributed by atoms with Gasteiger partial charge in [0.05, 0.1) is 5.69 Å². The van der Waals surface area contributed by atoms with Crippen LogP contribution in [-0.2, 0) is 6.42 Å². The van der Waals surface area contributed by atoms with E-state index in [0.717, 1.165) is 40.2 Å². The Morgan fingerprint density at radius 3 is 2.42 bits per heavy atom. The first-order valence-electron chi connectivity index (χ1n) is 8.75. The van der Waals surface area contributed by atoms with Gasteiger partial charge in [-0.25, -0.2) is 4.98 Å². The molecule has 0 spiro atoms. The molecule has 128 valence electrons. The molecular weight excluding hydrogens is 338 g/mol. The molecule has 4 rings (SSSR count). The molecule has 0 fully saturated rings. The Bertz CT molecular complexity index is 1010. The van der Waals surface area contributed by atoms with E-state index in [1.165, 1.54) is 11.1 Å². The van der Waals surface area contributed by atoms with E-state index in [1.54, 1.807) is 11.3 Å². The van der Waals surface area contributed by atoms with Crippen LogP contribution in [0.3, 0.4) is 0 Å². The van der Waals surface area contributed by atoms with Crippen LogP contribution in [0, 0.1) is 0 Å². The van der Waals surface area contributed by atoms with Crippen molar-refractivity contribution in [3.63, 3.8) is 0 Å². The fourth-order valence-electron chi connectivity index (χ4n) is 3.10. The topological polar surface area (TPSA) is 38.7 Å². The van der Waals surface area contributed by atoms with Crippen LogP contribution in [0.15, 0.2) is 72.6 Å². The van der Waals surface area contributed by atoms with Gasteiger partial charge in [0, 0.05) is 41.3 Å². The first kappa shape index (κ1) is 16.6. The summed E-state index contributed by atoms with van der Waals surface area (Å²) in [5, 5.41) is 3.10. The van der Waals surface area contributed by atoms with Crippen LogP contribution in [-0.4, -0.2) is 15.0 Å². The van der Waals surface area contributed by atoms with E-state index in [0.29, 0.717) is 0 Å². The number of rotatable bonds is 5. The minimum Gasteiger partial charge on any atom is -0.264 e. The third kappa shape index (κ3) is 3.28. The van der Waals surface area contributed by atoms with Gasteiger partial charge in [0.25, 0.3) is 0 Å². The normalized spacial score (nSPS) is 10.8. The Balaban J connectivity index is 1.77. The summed E-state index contributed by atoms with van der Waals surface area (Å²) in [6.45, 7) is 2.19. The van der Waals surface area contributed by atoms with E-state index in [-0.39, 0.29) is 0 Å². The maximum absolute atomic E-state index is 4.92. The molecule has 0 bridgehead atoms. The molecule has 3 nitrogen and oxygen atoms in total. The zero-order valence-corrected chi connectivity index (χ0v) is 15.4. The van der Waals surface area contributed by atoms with Crippen molar-refractivity contribution in [2.24, 2.45) is 0 Å². The summed E-state index contributed by atoms with van der Waals surface area (Å²) in [5.41, 5.74) is 6.81. The Labute approximate surface area is 157 Å². The summed E-state index contributed by atoms with van der Waals surface area (Å²) in [5.74, 6) is 0. The van der Waals surface area contributed by atoms with Crippen molar-refractivity contribution in [1.29, 1.82) is 0 Å². The average molecular weight is 357 g/mol. The Morgan fingerprint density at radius 1 is 0.846 bits per heavy atom. The van der Waals surface area contributed by atoms with Crippen molar-refractivity contribution in [3.8, 4) is 33.0 Å². The van der Waals surface area contributed by atoms with Crippen molar-refractivity contribution >= 4 is 11.3 Å². The summed E-state index contributed by atoms with van der Waals surface area (Å²) in [6, 6.07) is 14.5. The fraction of sp³-hybridized carbons (Fsp3) is 0.136. The van der Waals surface area contributed by atoms with Gasteiger partial charge in [0.15, 0.2) is 0 Å². The standard InChI is InChI=1S/C22H19N3S/c1-2-6-16-9-11-23-13-19(16)21-15-26-22(25-21)20-14-24-12-10-18(20)17-7-4-3-5-8-17/h3-5,7-15H,2,6H2,1H3. The minimum atomic E-state index is 0.984. The molecule has 0 aliphatic carbocycles. The average Bonchev–Trinajstić information content (AvgIpc) is 3.19. The van der Waals surface area contributed by atoms with Gasteiger partial charge in [0.2, 0.25) is 0 Å². The molecule has 0 radical (unpaired) electrons. The van der Waals surface area contributed by atoms with Crippen molar-refractivity contribution in [2.45, 2.75) is 19.8 Å². The van der Waals surface area contributed by atoms with Gasteiger partial charge in [-0.05, 0) is 35.2 Å². The second-order valence-corrected chi connectivity index (χ2v) is 6.97. The van der Waals surface area contributed by atoms with Gasteiger partial charge in [-0.1, -0.05) is 43.7 Å². The Hall–Kier alpha value is -2.85. The number of aryl methyl sites for hydroxylation is 1. The third-order valence-electron chi connectivity index (χ3n) is 4.35. The Morgan fingerprint density at radius 2 is 1.62 bits per heavy atom. The van der Waals surface area contributed by atoms with Gasteiger partial charge in [-0.15, -0.1) is 11.3 Å². The first-order chi connectivity index (χ1) is 12.9. The molecule has 0 aliphatic heterocycles. The third-order valence-corrected chi connectivity index (χ3v) is 5.22. The summed E-state index contributed by atoms with van der Waals surface area (Å²) in [4.78, 5) is 13.6. The molecule has 3 heterocycles. The van der Waals surface area contributed by atoms with Crippen molar-refractivity contribution in [2.75, 3.05) is 0 Å². The van der Waals surface area contributed by atoms with Crippen LogP contribution in [0.4, 0.5) is 0 Å². The number of hydrogen-bond donors (Lipinski definition) is 0. The second-order valence-electron chi connectivity index (χ2n) is 6.11. The van der Waals surface area contributed by atoms with Crippen LogP contribution < -0.4 is 0 Å². The lowest BCUT2D eigenvalue weighted by Gasteiger charge is -2.07. The van der Waals surface area contributed by atoms with Gasteiger partial charge in [0.1, 0.15) is 5.01 Å². The lowest BCUT2D eigenvalue weighted by molar-refractivity contribution is 0.919. The highest BCUT2D eigenvalue weighted by molar-refractivity contribution is 7.13. The summed E-state index contributed by atoms with van der Waals surface area (Å²) in [7, 11) is 0. The predicted octanol–water partition coefficient (Wildman–Crippen LogP) is 5.89. The number of aromatic nitrogens is 3. The van der Waals surface area contributed by atoms with E-state index in [1.807, 2.05) is 30.9 Å². The Kier molecular flexibility index (Phi) is 4.84. The van der Waals surface area contributed by atoms with Crippen LogP contribution in [0.5, 0.6) is 0 Å².